The molecule has 1 heterocycles. The van der Waals surface area contributed by atoms with Gasteiger partial charge >= 0.3 is 5.97 Å². The van der Waals surface area contributed by atoms with Gasteiger partial charge in [-0.1, -0.05) is 0 Å². The van der Waals surface area contributed by atoms with E-state index in [1.165, 1.54) is 6.92 Å². The van der Waals surface area contributed by atoms with Gasteiger partial charge in [0.25, 0.3) is 0 Å². The second-order valence-corrected chi connectivity index (χ2v) is 4.89. The van der Waals surface area contributed by atoms with Crippen LogP contribution in [-0.4, -0.2) is 33.0 Å². The number of esters is 1. The zero-order valence-electron chi connectivity index (χ0n) is 7.60. The minimum atomic E-state index is -3.00. The average molecular weight is 210 g/mol. The molecule has 78 valence electrons. The molecule has 0 aromatic carbocycles. The van der Waals surface area contributed by atoms with Crippen LogP contribution in [0.25, 0.3) is 0 Å². The SMILES string of the molecule is CC(=O)OC1CC(C)OS(O)(O)C1. The minimum Gasteiger partial charge on any atom is -0.461 e. The number of hydrogen-bond acceptors (Lipinski definition) is 5. The quantitative estimate of drug-likeness (QED) is 0.640. The van der Waals surface area contributed by atoms with Crippen LogP contribution in [0.2, 0.25) is 0 Å². The zero-order valence-corrected chi connectivity index (χ0v) is 8.41. The standard InChI is InChI=1S/C7H14O5S/c1-5-3-7(11-6(2)8)4-13(9,10)12-5/h5,7,9-10H,3-4H2,1-2H3. The van der Waals surface area contributed by atoms with Crippen LogP contribution in [0, 0.1) is 0 Å². The van der Waals surface area contributed by atoms with Crippen LogP contribution in [0.15, 0.2) is 0 Å². The monoisotopic (exact) mass is 210 g/mol. The van der Waals surface area contributed by atoms with Gasteiger partial charge < -0.3 is 13.8 Å². The average Bonchev–Trinajstić information content (AvgIpc) is 1.78. The summed E-state index contributed by atoms with van der Waals surface area (Å²) in [5, 5.41) is 0. The molecule has 1 aliphatic rings. The molecule has 2 unspecified atom stereocenters. The van der Waals surface area contributed by atoms with Gasteiger partial charge in [0.1, 0.15) is 6.10 Å². The van der Waals surface area contributed by atoms with Crippen molar-refractivity contribution in [3.8, 4) is 0 Å². The van der Waals surface area contributed by atoms with E-state index in [1.807, 2.05) is 0 Å². The largest absolute Gasteiger partial charge is 0.461 e. The van der Waals surface area contributed by atoms with Gasteiger partial charge in [-0.25, -0.2) is 0 Å². The van der Waals surface area contributed by atoms with Crippen molar-refractivity contribution in [1.82, 2.24) is 0 Å². The lowest BCUT2D eigenvalue weighted by molar-refractivity contribution is -0.146. The molecule has 0 aliphatic carbocycles. The lowest BCUT2D eigenvalue weighted by atomic mass is 10.2. The van der Waals surface area contributed by atoms with Gasteiger partial charge in [0.2, 0.25) is 0 Å². The molecule has 0 spiro atoms. The van der Waals surface area contributed by atoms with Crippen molar-refractivity contribution < 1.29 is 22.8 Å². The Hall–Kier alpha value is -0.300. The highest BCUT2D eigenvalue weighted by Gasteiger charge is 2.34. The van der Waals surface area contributed by atoms with Crippen LogP contribution < -0.4 is 0 Å². The van der Waals surface area contributed by atoms with Crippen LogP contribution >= 0.6 is 10.9 Å². The number of hydrogen-bond donors (Lipinski definition) is 2. The Balaban J connectivity index is 2.52. The second kappa shape index (κ2) is 3.83. The van der Waals surface area contributed by atoms with E-state index in [0.29, 0.717) is 6.42 Å². The summed E-state index contributed by atoms with van der Waals surface area (Å²) in [5.74, 6) is -0.425. The summed E-state index contributed by atoms with van der Waals surface area (Å²) < 4.78 is 28.3. The van der Waals surface area contributed by atoms with Crippen molar-refractivity contribution in [3.05, 3.63) is 0 Å². The molecule has 1 aliphatic heterocycles. The number of carbonyl (C=O) groups is 1. The normalized spacial score (nSPS) is 35.1. The smallest absolute Gasteiger partial charge is 0.302 e. The first-order valence-electron chi connectivity index (χ1n) is 4.00. The highest BCUT2D eigenvalue weighted by Crippen LogP contribution is 2.46. The van der Waals surface area contributed by atoms with Crippen molar-refractivity contribution in [1.29, 1.82) is 0 Å². The summed E-state index contributed by atoms with van der Waals surface area (Å²) in [5.41, 5.74) is 0. The summed E-state index contributed by atoms with van der Waals surface area (Å²) in [6, 6.07) is 0. The van der Waals surface area contributed by atoms with E-state index in [2.05, 4.69) is 0 Å². The first kappa shape index (κ1) is 10.8. The fraction of sp³-hybridized carbons (Fsp3) is 0.857. The van der Waals surface area contributed by atoms with E-state index in [1.54, 1.807) is 6.92 Å². The molecule has 2 atom stereocenters. The van der Waals surface area contributed by atoms with E-state index in [4.69, 9.17) is 8.92 Å². The van der Waals surface area contributed by atoms with E-state index in [-0.39, 0.29) is 11.9 Å². The highest BCUT2D eigenvalue weighted by molar-refractivity contribution is 8.20. The maximum atomic E-state index is 10.6. The van der Waals surface area contributed by atoms with Crippen molar-refractivity contribution >= 4 is 16.8 Å². The summed E-state index contributed by atoms with van der Waals surface area (Å²) >= 11 is 0. The van der Waals surface area contributed by atoms with Gasteiger partial charge in [-0.05, 0) is 6.92 Å². The Morgan fingerprint density at radius 1 is 1.62 bits per heavy atom. The molecular weight excluding hydrogens is 196 g/mol. The van der Waals surface area contributed by atoms with Crippen LogP contribution in [0.1, 0.15) is 20.3 Å². The second-order valence-electron chi connectivity index (χ2n) is 3.15. The molecule has 6 heteroatoms. The first-order valence-corrected chi connectivity index (χ1v) is 5.64. The summed E-state index contributed by atoms with van der Waals surface area (Å²) in [7, 11) is -3.00. The van der Waals surface area contributed by atoms with Gasteiger partial charge in [0.05, 0.1) is 22.7 Å². The van der Waals surface area contributed by atoms with Crippen LogP contribution in [0.4, 0.5) is 0 Å². The first-order chi connectivity index (χ1) is 5.89. The van der Waals surface area contributed by atoms with Gasteiger partial charge in [0.15, 0.2) is 0 Å². The Bertz CT molecular complexity index is 205. The lowest BCUT2D eigenvalue weighted by Crippen LogP contribution is -2.35. The molecule has 1 fully saturated rings. The van der Waals surface area contributed by atoms with Gasteiger partial charge in [-0.2, -0.15) is 0 Å². The Labute approximate surface area is 78.6 Å². The van der Waals surface area contributed by atoms with Gasteiger partial charge in [-0.15, -0.1) is 0 Å². The Kier molecular flexibility index (Phi) is 3.18. The maximum absolute atomic E-state index is 10.6. The third-order valence-corrected chi connectivity index (χ3v) is 3.09. The number of carbonyl (C=O) groups excluding carboxylic acids is 1. The van der Waals surface area contributed by atoms with E-state index >= 15 is 0 Å². The predicted molar refractivity (Wildman–Crippen MR) is 48.4 cm³/mol. The minimum absolute atomic E-state index is 0.0169. The molecule has 13 heavy (non-hydrogen) atoms. The molecule has 5 nitrogen and oxygen atoms in total. The topological polar surface area (TPSA) is 76.0 Å². The van der Waals surface area contributed by atoms with E-state index in [0.717, 1.165) is 0 Å². The molecule has 1 saturated heterocycles. The fourth-order valence-electron chi connectivity index (χ4n) is 1.34. The Morgan fingerprint density at radius 2 is 2.23 bits per heavy atom. The zero-order chi connectivity index (χ0) is 10.1. The molecule has 0 aromatic heterocycles. The molecule has 0 radical (unpaired) electrons. The van der Waals surface area contributed by atoms with Crippen LogP contribution in [0.3, 0.4) is 0 Å². The molecule has 1 rings (SSSR count). The molecule has 0 saturated carbocycles. The van der Waals surface area contributed by atoms with E-state index in [9.17, 15) is 13.9 Å². The van der Waals surface area contributed by atoms with Gasteiger partial charge in [0, 0.05) is 13.3 Å². The van der Waals surface area contributed by atoms with Crippen molar-refractivity contribution in [2.45, 2.75) is 32.5 Å². The van der Waals surface area contributed by atoms with Crippen molar-refractivity contribution in [2.24, 2.45) is 0 Å². The third-order valence-electron chi connectivity index (χ3n) is 1.65. The maximum Gasteiger partial charge on any atom is 0.302 e. The fourth-order valence-corrected chi connectivity index (χ4v) is 2.71. The van der Waals surface area contributed by atoms with E-state index < -0.39 is 22.9 Å². The summed E-state index contributed by atoms with van der Waals surface area (Å²) in [6.07, 6.45) is -0.218. The van der Waals surface area contributed by atoms with Crippen LogP contribution in [-0.2, 0) is 13.7 Å². The summed E-state index contributed by atoms with van der Waals surface area (Å²) in [4.78, 5) is 10.6. The molecule has 0 bridgehead atoms. The highest BCUT2D eigenvalue weighted by atomic mass is 32.3. The molecular formula is C7H14O5S. The van der Waals surface area contributed by atoms with Gasteiger partial charge in [-0.3, -0.25) is 8.98 Å². The van der Waals surface area contributed by atoms with Crippen LogP contribution in [0.5, 0.6) is 0 Å². The molecule has 0 amide bonds. The van der Waals surface area contributed by atoms with Crippen molar-refractivity contribution in [2.75, 3.05) is 5.75 Å². The van der Waals surface area contributed by atoms with Crippen molar-refractivity contribution in [3.63, 3.8) is 0 Å². The predicted octanol–water partition coefficient (Wildman–Crippen LogP) is 1.39. The number of rotatable bonds is 1. The Morgan fingerprint density at radius 3 is 2.69 bits per heavy atom. The third kappa shape index (κ3) is 3.51. The summed E-state index contributed by atoms with van der Waals surface area (Å²) in [6.45, 7) is 3.01. The number of ether oxygens (including phenoxy) is 1. The molecule has 0 aromatic rings. The lowest BCUT2D eigenvalue weighted by Gasteiger charge is -2.38. The molecule has 2 N–H and O–H groups in total.